The van der Waals surface area contributed by atoms with Crippen LogP contribution >= 0.6 is 23.8 Å². The van der Waals surface area contributed by atoms with E-state index in [4.69, 9.17) is 23.8 Å². The van der Waals surface area contributed by atoms with E-state index < -0.39 is 0 Å². The minimum atomic E-state index is -0.388. The Balaban J connectivity index is 2.58. The van der Waals surface area contributed by atoms with Gasteiger partial charge in [0.25, 0.3) is 0 Å². The second kappa shape index (κ2) is 4.08. The molecule has 0 aliphatic rings. The zero-order valence-corrected chi connectivity index (χ0v) is 9.07. The van der Waals surface area contributed by atoms with Crippen LogP contribution < -0.4 is 0 Å². The van der Waals surface area contributed by atoms with Gasteiger partial charge in [-0.25, -0.2) is 4.39 Å². The first kappa shape index (κ1) is 10.3. The average molecular weight is 241 g/mol. The number of nitrogens with zero attached hydrogens (tertiary/aromatic N) is 1. The zero-order valence-electron chi connectivity index (χ0n) is 7.50. The summed E-state index contributed by atoms with van der Waals surface area (Å²) in [5.41, 5.74) is 1.27. The molecule has 0 saturated carbocycles. The molecule has 2 rings (SSSR count). The third-order valence-corrected chi connectivity index (χ3v) is 2.25. The van der Waals surface area contributed by atoms with Gasteiger partial charge in [0.05, 0.1) is 18.1 Å². The van der Waals surface area contributed by atoms with Crippen molar-refractivity contribution in [2.24, 2.45) is 0 Å². The molecule has 2 nitrogen and oxygen atoms in total. The fourth-order valence-corrected chi connectivity index (χ4v) is 1.63. The lowest BCUT2D eigenvalue weighted by atomic mass is 10.1. The maximum Gasteiger partial charge on any atom is 0.125 e. The number of aromatic amines is 1. The van der Waals surface area contributed by atoms with Crippen molar-refractivity contribution in [1.82, 2.24) is 9.97 Å². The average Bonchev–Trinajstić information content (AvgIpc) is 2.16. The topological polar surface area (TPSA) is 28.7 Å². The summed E-state index contributed by atoms with van der Waals surface area (Å²) in [4.78, 5) is 6.82. The van der Waals surface area contributed by atoms with Gasteiger partial charge in [-0.3, -0.25) is 4.98 Å². The molecule has 5 heteroatoms. The van der Waals surface area contributed by atoms with Crippen LogP contribution in [-0.4, -0.2) is 9.97 Å². The van der Waals surface area contributed by atoms with E-state index >= 15 is 0 Å². The van der Waals surface area contributed by atoms with E-state index in [2.05, 4.69) is 9.97 Å². The molecule has 1 heterocycles. The summed E-state index contributed by atoms with van der Waals surface area (Å²) in [6.07, 6.45) is 3.08. The van der Waals surface area contributed by atoms with Gasteiger partial charge in [0.2, 0.25) is 0 Å². The molecule has 0 radical (unpaired) electrons. The fraction of sp³-hybridized carbons (Fsp3) is 0. The maximum absolute atomic E-state index is 13.1. The van der Waals surface area contributed by atoms with Crippen molar-refractivity contribution >= 4 is 23.8 Å². The highest BCUT2D eigenvalue weighted by Gasteiger charge is 2.02. The Morgan fingerprint density at radius 3 is 2.73 bits per heavy atom. The van der Waals surface area contributed by atoms with Crippen molar-refractivity contribution < 1.29 is 4.39 Å². The fourth-order valence-electron chi connectivity index (χ4n) is 1.23. The first-order valence-electron chi connectivity index (χ1n) is 4.16. The number of aromatic nitrogens is 2. The summed E-state index contributed by atoms with van der Waals surface area (Å²) in [6.45, 7) is 0. The third-order valence-electron chi connectivity index (χ3n) is 1.83. The van der Waals surface area contributed by atoms with Gasteiger partial charge >= 0.3 is 0 Å². The summed E-state index contributed by atoms with van der Waals surface area (Å²) in [7, 11) is 0. The van der Waals surface area contributed by atoms with Crippen LogP contribution in [0.3, 0.4) is 0 Å². The number of hydrogen-bond donors (Lipinski definition) is 1. The van der Waals surface area contributed by atoms with Crippen molar-refractivity contribution in [1.29, 1.82) is 0 Å². The molecule has 0 atom stereocenters. The molecule has 0 amide bonds. The van der Waals surface area contributed by atoms with E-state index in [1.165, 1.54) is 18.3 Å². The van der Waals surface area contributed by atoms with E-state index in [1.54, 1.807) is 12.3 Å². The first-order chi connectivity index (χ1) is 7.15. The van der Waals surface area contributed by atoms with Gasteiger partial charge in [0.1, 0.15) is 10.5 Å². The van der Waals surface area contributed by atoms with Crippen molar-refractivity contribution in [3.63, 3.8) is 0 Å². The molecule has 0 unspecified atom stereocenters. The van der Waals surface area contributed by atoms with Crippen molar-refractivity contribution in [3.05, 3.63) is 46.1 Å². The molecule has 1 aromatic heterocycles. The van der Waals surface area contributed by atoms with Crippen LogP contribution in [0.5, 0.6) is 0 Å². The maximum atomic E-state index is 13.1. The predicted octanol–water partition coefficient (Wildman–Crippen LogP) is 3.60. The largest absolute Gasteiger partial charge is 0.344 e. The standard InChI is InChI=1S/C10H6ClFN2S/c11-7-1-6(2-8(12)3-7)9-4-13-5-10(15)14-9/h1-5H,(H,14,15). The second-order valence-electron chi connectivity index (χ2n) is 2.97. The second-order valence-corrected chi connectivity index (χ2v) is 3.84. The monoisotopic (exact) mass is 240 g/mol. The minimum Gasteiger partial charge on any atom is -0.344 e. The number of nitrogens with one attached hydrogen (secondary N) is 1. The van der Waals surface area contributed by atoms with Crippen LogP contribution in [0, 0.1) is 10.5 Å². The molecule has 15 heavy (non-hydrogen) atoms. The van der Waals surface area contributed by atoms with Gasteiger partial charge in [-0.1, -0.05) is 23.8 Å². The van der Waals surface area contributed by atoms with Gasteiger partial charge in [0.15, 0.2) is 0 Å². The summed E-state index contributed by atoms with van der Waals surface area (Å²) in [5, 5.41) is 0.341. The molecule has 0 spiro atoms. The number of H-pyrrole nitrogens is 1. The van der Waals surface area contributed by atoms with Gasteiger partial charge < -0.3 is 4.98 Å². The van der Waals surface area contributed by atoms with Crippen LogP contribution in [0.1, 0.15) is 0 Å². The van der Waals surface area contributed by atoms with Gasteiger partial charge in [-0.2, -0.15) is 0 Å². The molecule has 0 saturated heterocycles. The number of halogens is 2. The molecule has 76 valence electrons. The van der Waals surface area contributed by atoms with E-state index in [0.717, 1.165) is 0 Å². The lowest BCUT2D eigenvalue weighted by Crippen LogP contribution is -1.87. The summed E-state index contributed by atoms with van der Waals surface area (Å²) in [6, 6.07) is 4.26. The van der Waals surface area contributed by atoms with E-state index in [0.29, 0.717) is 20.9 Å². The van der Waals surface area contributed by atoms with E-state index in [-0.39, 0.29) is 5.82 Å². The molecular weight excluding hydrogens is 235 g/mol. The van der Waals surface area contributed by atoms with Gasteiger partial charge in [-0.05, 0) is 18.2 Å². The Morgan fingerprint density at radius 2 is 2.07 bits per heavy atom. The highest BCUT2D eigenvalue weighted by Crippen LogP contribution is 2.21. The molecule has 0 aliphatic carbocycles. The lowest BCUT2D eigenvalue weighted by molar-refractivity contribution is 0.628. The van der Waals surface area contributed by atoms with Crippen molar-refractivity contribution in [3.8, 4) is 11.3 Å². The third kappa shape index (κ3) is 2.40. The summed E-state index contributed by atoms with van der Waals surface area (Å²) < 4.78 is 13.6. The lowest BCUT2D eigenvalue weighted by Gasteiger charge is -2.02. The predicted molar refractivity (Wildman–Crippen MR) is 59.8 cm³/mol. The highest BCUT2D eigenvalue weighted by atomic mass is 35.5. The van der Waals surface area contributed by atoms with Crippen LogP contribution in [0.2, 0.25) is 5.02 Å². The molecule has 2 aromatic rings. The number of hydrogen-bond acceptors (Lipinski definition) is 2. The smallest absolute Gasteiger partial charge is 0.125 e. The van der Waals surface area contributed by atoms with Crippen LogP contribution in [-0.2, 0) is 0 Å². The first-order valence-corrected chi connectivity index (χ1v) is 4.94. The Bertz CT molecular complexity index is 533. The van der Waals surface area contributed by atoms with Crippen LogP contribution in [0.15, 0.2) is 30.6 Å². The Morgan fingerprint density at radius 1 is 1.27 bits per heavy atom. The van der Waals surface area contributed by atoms with Gasteiger partial charge in [-0.15, -0.1) is 0 Å². The molecule has 0 bridgehead atoms. The van der Waals surface area contributed by atoms with Gasteiger partial charge in [0, 0.05) is 10.6 Å². The van der Waals surface area contributed by atoms with E-state index in [1.807, 2.05) is 0 Å². The SMILES string of the molecule is Fc1cc(Cl)cc(-c2cncc(=S)[nH]2)c1. The molecule has 1 N–H and O–H groups in total. The summed E-state index contributed by atoms with van der Waals surface area (Å²) >= 11 is 10.7. The molecular formula is C10H6ClFN2S. The normalized spacial score (nSPS) is 10.3. The van der Waals surface area contributed by atoms with E-state index in [9.17, 15) is 4.39 Å². The van der Waals surface area contributed by atoms with Crippen molar-refractivity contribution in [2.75, 3.05) is 0 Å². The summed E-state index contributed by atoms with van der Waals surface area (Å²) in [5.74, 6) is -0.388. The minimum absolute atomic E-state index is 0.341. The quantitative estimate of drug-likeness (QED) is 0.772. The molecule has 0 fully saturated rings. The number of benzene rings is 1. The van der Waals surface area contributed by atoms with Crippen LogP contribution in [0.25, 0.3) is 11.3 Å². The zero-order chi connectivity index (χ0) is 10.8. The number of rotatable bonds is 1. The van der Waals surface area contributed by atoms with Crippen LogP contribution in [0.4, 0.5) is 4.39 Å². The van der Waals surface area contributed by atoms with Crippen molar-refractivity contribution in [2.45, 2.75) is 0 Å². The Kier molecular flexibility index (Phi) is 2.79. The molecule has 1 aromatic carbocycles. The molecule has 0 aliphatic heterocycles. The highest BCUT2D eigenvalue weighted by molar-refractivity contribution is 7.71. The Hall–Kier alpha value is -1.26. The Labute approximate surface area is 95.8 Å².